The predicted molar refractivity (Wildman–Crippen MR) is 78.9 cm³/mol. The molecule has 1 aliphatic rings. The Morgan fingerprint density at radius 1 is 0.857 bits per heavy atom. The van der Waals surface area contributed by atoms with Crippen LogP contribution in [0.3, 0.4) is 0 Å². The van der Waals surface area contributed by atoms with Crippen LogP contribution in [0.25, 0.3) is 0 Å². The number of imide groups is 1. The number of alkyl halides is 7. The summed E-state index contributed by atoms with van der Waals surface area (Å²) in [6.45, 7) is 0. The van der Waals surface area contributed by atoms with Crippen LogP contribution in [-0.4, -0.2) is 42.6 Å². The molecular weight excluding hydrogens is 425 g/mol. The van der Waals surface area contributed by atoms with Gasteiger partial charge < -0.3 is 0 Å². The van der Waals surface area contributed by atoms with Crippen molar-refractivity contribution in [1.82, 2.24) is 5.01 Å². The van der Waals surface area contributed by atoms with Crippen LogP contribution < -0.4 is 5.43 Å². The first kappa shape index (κ1) is 21.9. The fourth-order valence-corrected chi connectivity index (χ4v) is 3.44. The normalized spacial score (nSPS) is 17.0. The molecule has 0 aliphatic carbocycles. The molecule has 6 nitrogen and oxygen atoms in total. The maximum Gasteiger partial charge on any atom is 0.461 e. The molecule has 1 saturated heterocycles. The second kappa shape index (κ2) is 6.90. The Labute approximate surface area is 153 Å². The van der Waals surface area contributed by atoms with Gasteiger partial charge in [0.15, 0.2) is 0 Å². The summed E-state index contributed by atoms with van der Waals surface area (Å²) in [4.78, 5) is 21.7. The zero-order valence-electron chi connectivity index (χ0n) is 13.6. The number of amides is 2. The van der Waals surface area contributed by atoms with E-state index < -0.39 is 43.9 Å². The minimum Gasteiger partial charge on any atom is -0.289 e. The van der Waals surface area contributed by atoms with E-state index >= 15 is 0 Å². The average molecular weight is 436 g/mol. The monoisotopic (exact) mass is 436 g/mol. The van der Waals surface area contributed by atoms with Crippen molar-refractivity contribution < 1.29 is 48.7 Å². The maximum atomic E-state index is 13.6. The highest BCUT2D eigenvalue weighted by Gasteiger charge is 2.78. The number of sulfone groups is 1. The van der Waals surface area contributed by atoms with Gasteiger partial charge in [-0.1, -0.05) is 0 Å². The van der Waals surface area contributed by atoms with E-state index in [0.717, 1.165) is 12.1 Å². The molecule has 1 aromatic carbocycles. The van der Waals surface area contributed by atoms with Gasteiger partial charge in [-0.25, -0.2) is 8.42 Å². The summed E-state index contributed by atoms with van der Waals surface area (Å²) < 4.78 is 113. The Morgan fingerprint density at radius 2 is 1.32 bits per heavy atom. The molecule has 1 aliphatic heterocycles. The zero-order chi connectivity index (χ0) is 21.5. The van der Waals surface area contributed by atoms with E-state index in [0.29, 0.717) is 23.6 Å². The number of carbonyl (C=O) groups is 2. The molecule has 1 fully saturated rings. The van der Waals surface area contributed by atoms with Crippen molar-refractivity contribution in [2.75, 3.05) is 5.43 Å². The van der Waals surface area contributed by atoms with Crippen molar-refractivity contribution in [3.05, 3.63) is 24.3 Å². The molecule has 28 heavy (non-hydrogen) atoms. The number of hydrogen-bond acceptors (Lipinski definition) is 5. The Hall–Kier alpha value is -2.38. The third-order valence-corrected chi connectivity index (χ3v) is 5.57. The van der Waals surface area contributed by atoms with Crippen LogP contribution >= 0.6 is 0 Å². The van der Waals surface area contributed by atoms with Crippen molar-refractivity contribution in [3.63, 3.8) is 0 Å². The molecule has 1 N–H and O–H groups in total. The number of benzene rings is 1. The molecule has 2 amide bonds. The van der Waals surface area contributed by atoms with Crippen molar-refractivity contribution in [3.8, 4) is 0 Å². The number of nitrogens with zero attached hydrogens (tertiary/aromatic N) is 1. The lowest BCUT2D eigenvalue weighted by Gasteiger charge is -2.28. The number of carbonyl (C=O) groups excluding carboxylic acids is 2. The summed E-state index contributed by atoms with van der Waals surface area (Å²) >= 11 is 0. The predicted octanol–water partition coefficient (Wildman–Crippen LogP) is 3.12. The molecule has 2 rings (SSSR count). The summed E-state index contributed by atoms with van der Waals surface area (Å²) in [6.07, 6.45) is -6.43. The summed E-state index contributed by atoms with van der Waals surface area (Å²) in [5.74, 6) is -8.07. The summed E-state index contributed by atoms with van der Waals surface area (Å²) in [6, 6.07) is 2.14. The number of nitrogens with one attached hydrogen (secondary N) is 1. The van der Waals surface area contributed by atoms with E-state index in [4.69, 9.17) is 0 Å². The molecule has 1 aromatic rings. The lowest BCUT2D eigenvalue weighted by atomic mass is 10.1. The van der Waals surface area contributed by atoms with Gasteiger partial charge in [0.25, 0.3) is 0 Å². The van der Waals surface area contributed by atoms with E-state index in [1.54, 1.807) is 0 Å². The van der Waals surface area contributed by atoms with Crippen molar-refractivity contribution >= 4 is 27.3 Å². The van der Waals surface area contributed by atoms with Gasteiger partial charge in [0.1, 0.15) is 0 Å². The fourth-order valence-electron chi connectivity index (χ4n) is 2.20. The molecule has 14 heteroatoms. The van der Waals surface area contributed by atoms with Gasteiger partial charge in [0.05, 0.1) is 10.6 Å². The number of hydrazine groups is 1. The highest BCUT2D eigenvalue weighted by Crippen LogP contribution is 2.50. The van der Waals surface area contributed by atoms with Gasteiger partial charge in [0.2, 0.25) is 21.7 Å². The molecule has 0 radical (unpaired) electrons. The highest BCUT2D eigenvalue weighted by molar-refractivity contribution is 7.92. The van der Waals surface area contributed by atoms with E-state index in [9.17, 15) is 48.7 Å². The number of piperidine rings is 1. The minimum atomic E-state index is -6.83. The average Bonchev–Trinajstić information content (AvgIpc) is 2.57. The zero-order valence-corrected chi connectivity index (χ0v) is 14.4. The first-order valence-electron chi connectivity index (χ1n) is 7.42. The molecule has 156 valence electrons. The van der Waals surface area contributed by atoms with Crippen molar-refractivity contribution in [2.45, 2.75) is 41.5 Å². The Balaban J connectivity index is 2.31. The first-order valence-corrected chi connectivity index (χ1v) is 8.91. The highest BCUT2D eigenvalue weighted by atomic mass is 32.2. The molecule has 0 bridgehead atoms. The lowest BCUT2D eigenvalue weighted by Crippen LogP contribution is -2.55. The molecular formula is C14H11F7N2O4S. The smallest absolute Gasteiger partial charge is 0.289 e. The third kappa shape index (κ3) is 3.52. The summed E-state index contributed by atoms with van der Waals surface area (Å²) in [7, 11) is -6.43. The van der Waals surface area contributed by atoms with Crippen LogP contribution in [0.5, 0.6) is 0 Å². The van der Waals surface area contributed by atoms with Gasteiger partial charge in [-0.3, -0.25) is 15.0 Å². The fraction of sp³-hybridized carbons (Fsp3) is 0.429. The van der Waals surface area contributed by atoms with Gasteiger partial charge in [-0.05, 0) is 30.7 Å². The molecule has 0 unspecified atom stereocenters. The Kier molecular flexibility index (Phi) is 5.40. The van der Waals surface area contributed by atoms with Crippen molar-refractivity contribution in [2.24, 2.45) is 0 Å². The molecule has 0 spiro atoms. The van der Waals surface area contributed by atoms with Crippen LogP contribution in [0.2, 0.25) is 0 Å². The number of rotatable bonds is 5. The Morgan fingerprint density at radius 3 is 1.75 bits per heavy atom. The van der Waals surface area contributed by atoms with Gasteiger partial charge in [-0.15, -0.1) is 0 Å². The topological polar surface area (TPSA) is 83.6 Å². The second-order valence-electron chi connectivity index (χ2n) is 5.70. The second-order valence-corrected chi connectivity index (χ2v) is 7.70. The number of hydrogen-bond donors (Lipinski definition) is 1. The number of halogens is 7. The quantitative estimate of drug-likeness (QED) is 0.567. The molecule has 1 heterocycles. The minimum absolute atomic E-state index is 0.0317. The molecule has 0 saturated carbocycles. The van der Waals surface area contributed by atoms with E-state index in [1.807, 2.05) is 0 Å². The molecule has 0 atom stereocenters. The summed E-state index contributed by atoms with van der Waals surface area (Å²) in [5.41, 5.74) is 2.12. The SMILES string of the molecule is O=C1CCCC(=O)N1Nc1ccc(S(=O)(=O)C(F)(F)C(F)(F)C(F)(F)F)cc1. The van der Waals surface area contributed by atoms with Crippen LogP contribution in [0.15, 0.2) is 29.2 Å². The van der Waals surface area contributed by atoms with Crippen LogP contribution in [-0.2, 0) is 19.4 Å². The van der Waals surface area contributed by atoms with Gasteiger partial charge in [0, 0.05) is 12.8 Å². The standard InChI is InChI=1S/C14H11F7N2O4S/c15-12(16,13(17,18)19)14(20,21)28(26,27)9-6-4-8(5-7-9)22-23-10(24)2-1-3-11(23)25/h4-7,22H,1-3H2. The lowest BCUT2D eigenvalue weighted by molar-refractivity contribution is -0.332. The van der Waals surface area contributed by atoms with E-state index in [-0.39, 0.29) is 18.5 Å². The Bertz CT molecular complexity index is 866. The van der Waals surface area contributed by atoms with Crippen molar-refractivity contribution in [1.29, 1.82) is 0 Å². The third-order valence-electron chi connectivity index (χ3n) is 3.74. The van der Waals surface area contributed by atoms with Crippen LogP contribution in [0.1, 0.15) is 19.3 Å². The largest absolute Gasteiger partial charge is 0.461 e. The van der Waals surface area contributed by atoms with E-state index in [2.05, 4.69) is 5.43 Å². The maximum absolute atomic E-state index is 13.6. The number of anilines is 1. The van der Waals surface area contributed by atoms with E-state index in [1.165, 1.54) is 0 Å². The summed E-state index contributed by atoms with van der Waals surface area (Å²) in [5, 5.41) is -5.87. The van der Waals surface area contributed by atoms with Gasteiger partial charge in [-0.2, -0.15) is 35.7 Å². The van der Waals surface area contributed by atoms with Gasteiger partial charge >= 0.3 is 17.4 Å². The first-order chi connectivity index (χ1) is 12.6. The molecule has 0 aromatic heterocycles. The van der Waals surface area contributed by atoms with Crippen LogP contribution in [0, 0.1) is 0 Å². The van der Waals surface area contributed by atoms with Crippen LogP contribution in [0.4, 0.5) is 36.4 Å².